The van der Waals surface area contributed by atoms with E-state index in [9.17, 15) is 9.18 Å². The first-order chi connectivity index (χ1) is 9.61. The predicted molar refractivity (Wildman–Crippen MR) is 72.7 cm³/mol. The third-order valence-electron chi connectivity index (χ3n) is 2.90. The van der Waals surface area contributed by atoms with Crippen LogP contribution in [0.2, 0.25) is 0 Å². The number of imidazole rings is 1. The Bertz CT molecular complexity index is 593. The van der Waals surface area contributed by atoms with E-state index in [4.69, 9.17) is 10.5 Å². The molecule has 0 atom stereocenters. The van der Waals surface area contributed by atoms with Crippen LogP contribution in [-0.4, -0.2) is 22.1 Å². The highest BCUT2D eigenvalue weighted by molar-refractivity contribution is 5.92. The van der Waals surface area contributed by atoms with E-state index in [0.29, 0.717) is 13.0 Å². The lowest BCUT2D eigenvalue weighted by Crippen LogP contribution is -2.10. The van der Waals surface area contributed by atoms with E-state index in [1.165, 1.54) is 18.5 Å². The molecule has 5 nitrogen and oxygen atoms in total. The summed E-state index contributed by atoms with van der Waals surface area (Å²) in [7, 11) is 0. The van der Waals surface area contributed by atoms with Gasteiger partial charge in [0.2, 0.25) is 0 Å². The molecule has 0 fully saturated rings. The minimum atomic E-state index is -0.523. The Labute approximate surface area is 116 Å². The van der Waals surface area contributed by atoms with Gasteiger partial charge in [0.15, 0.2) is 5.69 Å². The maximum atomic E-state index is 12.8. The number of hydrogen-bond acceptors (Lipinski definition) is 4. The molecule has 0 bridgehead atoms. The number of halogens is 1. The highest BCUT2D eigenvalue weighted by Gasteiger charge is 2.16. The second-order valence-electron chi connectivity index (χ2n) is 4.27. The largest absolute Gasteiger partial charge is 0.461 e. The molecule has 0 unspecified atom stereocenters. The molecular weight excluding hydrogens is 261 g/mol. The molecule has 20 heavy (non-hydrogen) atoms. The standard InChI is InChI=1S/C14H16FN3O2/c1-2-20-14(19)12-13(16)18(9-17-12)8-7-10-3-5-11(15)6-4-10/h3-6,9H,2,7-8,16H2,1H3. The summed E-state index contributed by atoms with van der Waals surface area (Å²) in [6.45, 7) is 2.56. The molecule has 6 heteroatoms. The molecule has 0 aliphatic rings. The molecule has 0 aliphatic heterocycles. The van der Waals surface area contributed by atoms with E-state index < -0.39 is 5.97 Å². The van der Waals surface area contributed by atoms with Crippen LogP contribution >= 0.6 is 0 Å². The molecule has 2 aromatic rings. The highest BCUT2D eigenvalue weighted by Crippen LogP contribution is 2.13. The van der Waals surface area contributed by atoms with Gasteiger partial charge in [-0.1, -0.05) is 12.1 Å². The number of rotatable bonds is 5. The van der Waals surface area contributed by atoms with Gasteiger partial charge in [0, 0.05) is 6.54 Å². The second-order valence-corrected chi connectivity index (χ2v) is 4.27. The third kappa shape index (κ3) is 3.14. The first-order valence-corrected chi connectivity index (χ1v) is 6.34. The Balaban J connectivity index is 2.03. The van der Waals surface area contributed by atoms with Crippen LogP contribution in [0.4, 0.5) is 10.2 Å². The van der Waals surface area contributed by atoms with Crippen molar-refractivity contribution in [2.24, 2.45) is 0 Å². The van der Waals surface area contributed by atoms with Gasteiger partial charge in [-0.2, -0.15) is 0 Å². The zero-order chi connectivity index (χ0) is 14.5. The molecule has 2 N–H and O–H groups in total. The zero-order valence-electron chi connectivity index (χ0n) is 11.2. The topological polar surface area (TPSA) is 70.1 Å². The van der Waals surface area contributed by atoms with E-state index in [1.807, 2.05) is 0 Å². The van der Waals surface area contributed by atoms with Crippen LogP contribution in [0.25, 0.3) is 0 Å². The lowest BCUT2D eigenvalue weighted by atomic mass is 10.1. The molecule has 0 aliphatic carbocycles. The molecule has 1 aromatic carbocycles. The Morgan fingerprint density at radius 1 is 1.40 bits per heavy atom. The van der Waals surface area contributed by atoms with Gasteiger partial charge >= 0.3 is 5.97 Å². The summed E-state index contributed by atoms with van der Waals surface area (Å²) < 4.78 is 19.3. The van der Waals surface area contributed by atoms with Gasteiger partial charge in [-0.05, 0) is 31.0 Å². The average molecular weight is 277 g/mol. The van der Waals surface area contributed by atoms with Crippen molar-refractivity contribution in [3.8, 4) is 0 Å². The maximum Gasteiger partial charge on any atom is 0.360 e. The molecule has 1 heterocycles. The fourth-order valence-electron chi connectivity index (χ4n) is 1.83. The van der Waals surface area contributed by atoms with Gasteiger partial charge in [-0.3, -0.25) is 0 Å². The lowest BCUT2D eigenvalue weighted by molar-refractivity contribution is 0.0521. The molecule has 0 radical (unpaired) electrons. The van der Waals surface area contributed by atoms with Crippen molar-refractivity contribution in [2.45, 2.75) is 19.9 Å². The van der Waals surface area contributed by atoms with Crippen LogP contribution in [0.3, 0.4) is 0 Å². The van der Waals surface area contributed by atoms with Crippen molar-refractivity contribution in [3.63, 3.8) is 0 Å². The average Bonchev–Trinajstić information content (AvgIpc) is 2.80. The smallest absolute Gasteiger partial charge is 0.360 e. The van der Waals surface area contributed by atoms with Gasteiger partial charge in [-0.15, -0.1) is 0 Å². The van der Waals surface area contributed by atoms with E-state index in [2.05, 4.69) is 4.98 Å². The summed E-state index contributed by atoms with van der Waals surface area (Å²) in [5, 5.41) is 0. The predicted octanol–water partition coefficient (Wildman–Crippen LogP) is 2.02. The van der Waals surface area contributed by atoms with Gasteiger partial charge in [0.1, 0.15) is 11.6 Å². The summed E-state index contributed by atoms with van der Waals surface area (Å²) in [4.78, 5) is 15.5. The molecule has 0 saturated carbocycles. The molecule has 2 rings (SSSR count). The van der Waals surface area contributed by atoms with Crippen molar-refractivity contribution in [1.82, 2.24) is 9.55 Å². The van der Waals surface area contributed by atoms with Crippen LogP contribution < -0.4 is 5.73 Å². The molecule has 106 valence electrons. The Hall–Kier alpha value is -2.37. The molecule has 0 amide bonds. The van der Waals surface area contributed by atoms with Crippen LogP contribution in [-0.2, 0) is 17.7 Å². The van der Waals surface area contributed by atoms with Gasteiger partial charge < -0.3 is 15.0 Å². The summed E-state index contributed by atoms with van der Waals surface area (Å²) >= 11 is 0. The quantitative estimate of drug-likeness (QED) is 0.849. The van der Waals surface area contributed by atoms with Crippen molar-refractivity contribution in [2.75, 3.05) is 12.3 Å². The van der Waals surface area contributed by atoms with Gasteiger partial charge in [0.25, 0.3) is 0 Å². The number of anilines is 1. The third-order valence-corrected chi connectivity index (χ3v) is 2.90. The number of benzene rings is 1. The summed E-state index contributed by atoms with van der Waals surface area (Å²) in [5.41, 5.74) is 6.98. The van der Waals surface area contributed by atoms with Crippen molar-refractivity contribution >= 4 is 11.8 Å². The van der Waals surface area contributed by atoms with Crippen molar-refractivity contribution < 1.29 is 13.9 Å². The number of carbonyl (C=O) groups excluding carboxylic acids is 1. The number of esters is 1. The first kappa shape index (κ1) is 14.0. The van der Waals surface area contributed by atoms with Crippen LogP contribution in [0.5, 0.6) is 0 Å². The number of carbonyl (C=O) groups is 1. The monoisotopic (exact) mass is 277 g/mol. The fourth-order valence-corrected chi connectivity index (χ4v) is 1.83. The SMILES string of the molecule is CCOC(=O)c1ncn(CCc2ccc(F)cc2)c1N. The first-order valence-electron chi connectivity index (χ1n) is 6.34. The number of aryl methyl sites for hydroxylation is 2. The fraction of sp³-hybridized carbons (Fsp3) is 0.286. The molecule has 1 aromatic heterocycles. The summed E-state index contributed by atoms with van der Waals surface area (Å²) in [6, 6.07) is 6.26. The van der Waals surface area contributed by atoms with E-state index in [-0.39, 0.29) is 23.9 Å². The van der Waals surface area contributed by atoms with Crippen molar-refractivity contribution in [3.05, 3.63) is 47.7 Å². The van der Waals surface area contributed by atoms with Crippen LogP contribution in [0.15, 0.2) is 30.6 Å². The number of nitrogens with zero attached hydrogens (tertiary/aromatic N) is 2. The summed E-state index contributed by atoms with van der Waals surface area (Å²) in [6.07, 6.45) is 2.17. The Morgan fingerprint density at radius 3 is 2.75 bits per heavy atom. The van der Waals surface area contributed by atoms with Gasteiger partial charge in [-0.25, -0.2) is 14.2 Å². The van der Waals surface area contributed by atoms with Gasteiger partial charge in [0.05, 0.1) is 12.9 Å². The number of nitrogens with two attached hydrogens (primary N) is 1. The van der Waals surface area contributed by atoms with E-state index in [1.54, 1.807) is 23.6 Å². The minimum Gasteiger partial charge on any atom is -0.461 e. The van der Waals surface area contributed by atoms with Crippen LogP contribution in [0, 0.1) is 5.82 Å². The Morgan fingerprint density at radius 2 is 2.10 bits per heavy atom. The zero-order valence-corrected chi connectivity index (χ0v) is 11.2. The molecule has 0 spiro atoms. The summed E-state index contributed by atoms with van der Waals surface area (Å²) in [5.74, 6) is -0.503. The number of ether oxygens (including phenoxy) is 1. The minimum absolute atomic E-state index is 0.131. The normalized spacial score (nSPS) is 10.5. The van der Waals surface area contributed by atoms with Crippen molar-refractivity contribution in [1.29, 1.82) is 0 Å². The lowest BCUT2D eigenvalue weighted by Gasteiger charge is -2.06. The highest BCUT2D eigenvalue weighted by atomic mass is 19.1. The second kappa shape index (κ2) is 6.18. The Kier molecular flexibility index (Phi) is 4.34. The number of hydrogen-bond donors (Lipinski definition) is 1. The molecule has 0 saturated heterocycles. The molecular formula is C14H16FN3O2. The number of nitrogen functional groups attached to an aromatic ring is 1. The maximum absolute atomic E-state index is 12.8. The van der Waals surface area contributed by atoms with E-state index >= 15 is 0 Å². The van der Waals surface area contributed by atoms with E-state index in [0.717, 1.165) is 5.56 Å². The number of aromatic nitrogens is 2. The van der Waals surface area contributed by atoms with Crippen LogP contribution in [0.1, 0.15) is 23.0 Å².